The van der Waals surface area contributed by atoms with E-state index in [9.17, 15) is 4.79 Å². The van der Waals surface area contributed by atoms with Gasteiger partial charge in [0, 0.05) is 17.8 Å². The van der Waals surface area contributed by atoms with Crippen molar-refractivity contribution < 1.29 is 9.53 Å². The number of pyridine rings is 1. The second-order valence-electron chi connectivity index (χ2n) is 6.86. The van der Waals surface area contributed by atoms with Gasteiger partial charge in [-0.25, -0.2) is 9.98 Å². The number of likely N-dealkylation sites (N-methyl/N-ethyl adjacent to an activating group) is 1. The van der Waals surface area contributed by atoms with Crippen LogP contribution in [0.15, 0.2) is 76.8 Å². The molecule has 0 aliphatic carbocycles. The molecule has 0 bridgehead atoms. The van der Waals surface area contributed by atoms with Crippen LogP contribution >= 0.6 is 35.0 Å². The highest BCUT2D eigenvalue weighted by atomic mass is 35.5. The summed E-state index contributed by atoms with van der Waals surface area (Å²) in [5.41, 5.74) is 2.42. The molecule has 0 unspecified atom stereocenters. The summed E-state index contributed by atoms with van der Waals surface area (Å²) >= 11 is 13.4. The second kappa shape index (κ2) is 10.2. The Morgan fingerprint density at radius 2 is 1.94 bits per heavy atom. The molecule has 0 N–H and O–H groups in total. The Labute approximate surface area is 200 Å². The number of carbonyl (C=O) groups is 1. The zero-order valence-corrected chi connectivity index (χ0v) is 19.5. The van der Waals surface area contributed by atoms with E-state index in [0.717, 1.165) is 11.1 Å². The quantitative estimate of drug-likeness (QED) is 0.293. The Kier molecular flexibility index (Phi) is 7.15. The average Bonchev–Trinajstić information content (AvgIpc) is 3.09. The molecule has 8 heteroatoms. The third-order valence-corrected chi connectivity index (χ3v) is 6.18. The molecule has 2 aromatic carbocycles. The van der Waals surface area contributed by atoms with Gasteiger partial charge in [0.25, 0.3) is 5.91 Å². The molecule has 0 saturated carbocycles. The van der Waals surface area contributed by atoms with Crippen molar-refractivity contribution in [1.29, 1.82) is 0 Å². The predicted molar refractivity (Wildman–Crippen MR) is 132 cm³/mol. The van der Waals surface area contributed by atoms with E-state index in [-0.39, 0.29) is 5.91 Å². The molecule has 1 saturated heterocycles. The molecule has 5 nitrogen and oxygen atoms in total. The lowest BCUT2D eigenvalue weighted by Gasteiger charge is -2.12. The molecular formula is C24H19Cl2N3O2S. The summed E-state index contributed by atoms with van der Waals surface area (Å²) in [6, 6.07) is 18.7. The van der Waals surface area contributed by atoms with Gasteiger partial charge in [-0.05, 0) is 72.3 Å². The van der Waals surface area contributed by atoms with Crippen molar-refractivity contribution in [1.82, 2.24) is 9.88 Å². The summed E-state index contributed by atoms with van der Waals surface area (Å²) in [4.78, 5) is 23.7. The highest BCUT2D eigenvalue weighted by Crippen LogP contribution is 2.35. The van der Waals surface area contributed by atoms with E-state index >= 15 is 0 Å². The van der Waals surface area contributed by atoms with Gasteiger partial charge in [-0.15, -0.1) is 0 Å². The van der Waals surface area contributed by atoms with Gasteiger partial charge in [0.1, 0.15) is 18.0 Å². The van der Waals surface area contributed by atoms with Gasteiger partial charge < -0.3 is 4.74 Å². The normalized spacial score (nSPS) is 16.2. The molecule has 162 valence electrons. The summed E-state index contributed by atoms with van der Waals surface area (Å²) in [6.07, 6.45) is 3.45. The van der Waals surface area contributed by atoms with Gasteiger partial charge in [0.15, 0.2) is 10.3 Å². The molecule has 32 heavy (non-hydrogen) atoms. The van der Waals surface area contributed by atoms with Crippen molar-refractivity contribution in [2.75, 3.05) is 6.54 Å². The number of aliphatic imine (C=N–C) groups is 1. The van der Waals surface area contributed by atoms with Crippen molar-refractivity contribution in [2.45, 2.75) is 13.5 Å². The molecule has 4 rings (SSSR count). The van der Waals surface area contributed by atoms with Crippen LogP contribution < -0.4 is 4.74 Å². The fraction of sp³-hybridized carbons (Fsp3) is 0.125. The predicted octanol–water partition coefficient (Wildman–Crippen LogP) is 6.59. The molecule has 1 fully saturated rings. The van der Waals surface area contributed by atoms with Gasteiger partial charge >= 0.3 is 0 Å². The molecule has 0 spiro atoms. The zero-order valence-electron chi connectivity index (χ0n) is 17.2. The zero-order chi connectivity index (χ0) is 22.5. The number of ether oxygens (including phenoxy) is 1. The van der Waals surface area contributed by atoms with E-state index in [1.165, 1.54) is 11.8 Å². The highest BCUT2D eigenvalue weighted by molar-refractivity contribution is 8.18. The molecule has 1 aliphatic heterocycles. The smallest absolute Gasteiger partial charge is 0.266 e. The highest BCUT2D eigenvalue weighted by Gasteiger charge is 2.32. The van der Waals surface area contributed by atoms with Crippen LogP contribution in [0.25, 0.3) is 6.08 Å². The van der Waals surface area contributed by atoms with Crippen molar-refractivity contribution in [3.05, 3.63) is 93.1 Å². The number of benzene rings is 2. The van der Waals surface area contributed by atoms with E-state index in [4.69, 9.17) is 27.9 Å². The van der Waals surface area contributed by atoms with Crippen LogP contribution in [0, 0.1) is 0 Å². The number of thioether (sulfide) groups is 1. The minimum Gasteiger partial charge on any atom is -0.489 e. The van der Waals surface area contributed by atoms with E-state index < -0.39 is 0 Å². The van der Waals surface area contributed by atoms with E-state index in [0.29, 0.717) is 44.8 Å². The first-order chi connectivity index (χ1) is 15.5. The molecular weight excluding hydrogens is 465 g/mol. The Morgan fingerprint density at radius 1 is 1.12 bits per heavy atom. The monoisotopic (exact) mass is 483 g/mol. The summed E-state index contributed by atoms with van der Waals surface area (Å²) in [7, 11) is 0. The van der Waals surface area contributed by atoms with Crippen molar-refractivity contribution >= 4 is 57.8 Å². The lowest BCUT2D eigenvalue weighted by Crippen LogP contribution is -2.28. The molecule has 0 radical (unpaired) electrons. The number of halogens is 2. The molecule has 0 atom stereocenters. The molecule has 1 aliphatic rings. The van der Waals surface area contributed by atoms with Gasteiger partial charge in [0.2, 0.25) is 0 Å². The third kappa shape index (κ3) is 5.33. The average molecular weight is 484 g/mol. The van der Waals surface area contributed by atoms with Gasteiger partial charge in [-0.1, -0.05) is 47.5 Å². The van der Waals surface area contributed by atoms with Crippen LogP contribution in [0.2, 0.25) is 10.2 Å². The van der Waals surface area contributed by atoms with Crippen molar-refractivity contribution in [2.24, 2.45) is 4.99 Å². The second-order valence-corrected chi connectivity index (χ2v) is 8.66. The van der Waals surface area contributed by atoms with Crippen LogP contribution in [0.5, 0.6) is 5.75 Å². The largest absolute Gasteiger partial charge is 0.489 e. The third-order valence-electron chi connectivity index (χ3n) is 4.63. The number of aromatic nitrogens is 1. The lowest BCUT2D eigenvalue weighted by molar-refractivity contribution is -0.122. The van der Waals surface area contributed by atoms with Crippen LogP contribution in [-0.2, 0) is 11.4 Å². The van der Waals surface area contributed by atoms with Crippen LogP contribution in [0.3, 0.4) is 0 Å². The van der Waals surface area contributed by atoms with Gasteiger partial charge in [-0.3, -0.25) is 9.69 Å². The molecule has 3 aromatic rings. The molecule has 2 heterocycles. The number of nitrogens with zero attached hydrogens (tertiary/aromatic N) is 3. The maximum Gasteiger partial charge on any atom is 0.266 e. The number of amides is 1. The minimum atomic E-state index is -0.0938. The first kappa shape index (κ1) is 22.4. The minimum absolute atomic E-state index is 0.0938. The number of hydrogen-bond donors (Lipinski definition) is 0. The summed E-state index contributed by atoms with van der Waals surface area (Å²) < 4.78 is 5.90. The van der Waals surface area contributed by atoms with E-state index in [1.54, 1.807) is 23.2 Å². The Balaban J connectivity index is 1.53. The topological polar surface area (TPSA) is 54.8 Å². The van der Waals surface area contributed by atoms with Crippen LogP contribution in [0.4, 0.5) is 5.69 Å². The number of amidine groups is 1. The maximum absolute atomic E-state index is 12.9. The number of carbonyl (C=O) groups excluding carboxylic acids is 1. The SMILES string of the molecule is CCN1C(=O)/C(=C/c2cccc(OCc3ccc(Cl)cc3)c2)SC1=Nc1cccnc1Cl. The fourth-order valence-electron chi connectivity index (χ4n) is 3.03. The van der Waals surface area contributed by atoms with Crippen LogP contribution in [-0.4, -0.2) is 27.5 Å². The first-order valence-electron chi connectivity index (χ1n) is 9.91. The lowest BCUT2D eigenvalue weighted by atomic mass is 10.2. The Morgan fingerprint density at radius 3 is 2.69 bits per heavy atom. The van der Waals surface area contributed by atoms with Gasteiger partial charge in [0.05, 0.1) is 4.91 Å². The van der Waals surface area contributed by atoms with Crippen molar-refractivity contribution in [3.8, 4) is 5.75 Å². The standard InChI is InChI=1S/C24H19Cl2N3O2S/c1-2-29-23(30)21(32-24(29)28-20-7-4-12-27-22(20)26)14-17-5-3-6-19(13-17)31-15-16-8-10-18(25)11-9-16/h3-14H,2,15H2,1H3/b21-14-,28-24?. The van der Waals surface area contributed by atoms with Crippen molar-refractivity contribution in [3.63, 3.8) is 0 Å². The maximum atomic E-state index is 12.9. The first-order valence-corrected chi connectivity index (χ1v) is 11.5. The summed E-state index contributed by atoms with van der Waals surface area (Å²) in [5.74, 6) is 0.622. The fourth-order valence-corrected chi connectivity index (χ4v) is 4.37. The van der Waals surface area contributed by atoms with E-state index in [1.807, 2.05) is 61.5 Å². The molecule has 1 aromatic heterocycles. The Bertz CT molecular complexity index is 1200. The summed E-state index contributed by atoms with van der Waals surface area (Å²) in [5, 5.41) is 1.57. The van der Waals surface area contributed by atoms with E-state index in [2.05, 4.69) is 9.98 Å². The van der Waals surface area contributed by atoms with Crippen LogP contribution in [0.1, 0.15) is 18.1 Å². The van der Waals surface area contributed by atoms with Gasteiger partial charge in [-0.2, -0.15) is 0 Å². The number of rotatable bonds is 6. The summed E-state index contributed by atoms with van der Waals surface area (Å²) in [6.45, 7) is 2.84. The molecule has 1 amide bonds. The number of hydrogen-bond acceptors (Lipinski definition) is 5. The Hall–Kier alpha value is -2.80.